The summed E-state index contributed by atoms with van der Waals surface area (Å²) in [5, 5.41) is 0.772. The molecule has 2 rings (SSSR count). The number of benzene rings is 2. The number of hydrogen-bond donors (Lipinski definition) is 1. The molecule has 0 saturated carbocycles. The minimum absolute atomic E-state index is 0.0114. The van der Waals surface area contributed by atoms with Crippen LogP contribution in [0.5, 0.6) is 0 Å². The number of halogens is 3. The Morgan fingerprint density at radius 3 is 2.21 bits per heavy atom. The molecule has 0 unspecified atom stereocenters. The van der Waals surface area contributed by atoms with Crippen LogP contribution in [0.2, 0.25) is 15.1 Å². The van der Waals surface area contributed by atoms with Gasteiger partial charge in [0.2, 0.25) is 0 Å². The van der Waals surface area contributed by atoms with Gasteiger partial charge in [-0.1, -0.05) is 46.9 Å². The number of rotatable bonds is 3. The van der Waals surface area contributed by atoms with Crippen molar-refractivity contribution in [3.05, 3.63) is 57.5 Å². The molecule has 100 valence electrons. The van der Waals surface area contributed by atoms with Gasteiger partial charge < -0.3 is 0 Å². The molecule has 3 nitrogen and oxygen atoms in total. The molecule has 0 bridgehead atoms. The van der Waals surface area contributed by atoms with Crippen molar-refractivity contribution in [1.29, 1.82) is 0 Å². The first-order chi connectivity index (χ1) is 8.90. The molecule has 0 aliphatic carbocycles. The summed E-state index contributed by atoms with van der Waals surface area (Å²) in [7, 11) is -3.79. The molecule has 2 aromatic rings. The van der Waals surface area contributed by atoms with Gasteiger partial charge in [0, 0.05) is 5.02 Å². The lowest BCUT2D eigenvalue weighted by atomic mass is 10.3. The third-order valence-electron chi connectivity index (χ3n) is 2.30. The van der Waals surface area contributed by atoms with Gasteiger partial charge in [-0.3, -0.25) is 4.72 Å². The summed E-state index contributed by atoms with van der Waals surface area (Å²) < 4.78 is 26.7. The smallest absolute Gasteiger partial charge is 0.263 e. The molecule has 0 amide bonds. The van der Waals surface area contributed by atoms with Gasteiger partial charge in [0.05, 0.1) is 15.7 Å². The number of anilines is 1. The van der Waals surface area contributed by atoms with Crippen LogP contribution in [0.3, 0.4) is 0 Å². The molecule has 2 aromatic carbocycles. The van der Waals surface area contributed by atoms with Crippen molar-refractivity contribution in [2.45, 2.75) is 4.90 Å². The summed E-state index contributed by atoms with van der Waals surface area (Å²) in [6, 6.07) is 10.6. The van der Waals surface area contributed by atoms with Crippen molar-refractivity contribution in [2.24, 2.45) is 0 Å². The maximum absolute atomic E-state index is 12.2. The molecule has 0 fully saturated rings. The highest BCUT2D eigenvalue weighted by Crippen LogP contribution is 2.29. The Labute approximate surface area is 126 Å². The average molecular weight is 337 g/mol. The van der Waals surface area contributed by atoms with Crippen molar-refractivity contribution >= 4 is 50.5 Å². The van der Waals surface area contributed by atoms with Gasteiger partial charge in [0.25, 0.3) is 10.0 Å². The first-order valence-electron chi connectivity index (χ1n) is 5.12. The number of hydrogen-bond acceptors (Lipinski definition) is 2. The molecule has 0 spiro atoms. The van der Waals surface area contributed by atoms with Crippen molar-refractivity contribution < 1.29 is 8.42 Å². The quantitative estimate of drug-likeness (QED) is 0.900. The van der Waals surface area contributed by atoms with Crippen LogP contribution in [0.25, 0.3) is 0 Å². The van der Waals surface area contributed by atoms with Crippen LogP contribution in [0.4, 0.5) is 5.69 Å². The van der Waals surface area contributed by atoms with E-state index in [1.807, 2.05) is 0 Å². The highest BCUT2D eigenvalue weighted by molar-refractivity contribution is 7.92. The predicted octanol–water partition coefficient (Wildman–Crippen LogP) is 4.45. The van der Waals surface area contributed by atoms with E-state index in [0.717, 1.165) is 0 Å². The summed E-state index contributed by atoms with van der Waals surface area (Å²) in [6.07, 6.45) is 0. The van der Waals surface area contributed by atoms with Gasteiger partial charge in [0.15, 0.2) is 0 Å². The van der Waals surface area contributed by atoms with E-state index in [0.29, 0.717) is 5.02 Å². The fraction of sp³-hybridized carbons (Fsp3) is 0. The minimum atomic E-state index is -3.79. The van der Waals surface area contributed by atoms with Gasteiger partial charge in [0.1, 0.15) is 4.90 Å². The van der Waals surface area contributed by atoms with Gasteiger partial charge in [-0.2, -0.15) is 0 Å². The minimum Gasteiger partial charge on any atom is -0.278 e. The second-order valence-corrected chi connectivity index (χ2v) is 6.56. The molecule has 0 saturated heterocycles. The highest BCUT2D eigenvalue weighted by Gasteiger charge is 2.18. The Hall–Kier alpha value is -0.940. The molecule has 19 heavy (non-hydrogen) atoms. The monoisotopic (exact) mass is 335 g/mol. The van der Waals surface area contributed by atoms with E-state index in [9.17, 15) is 8.42 Å². The van der Waals surface area contributed by atoms with Crippen molar-refractivity contribution in [3.8, 4) is 0 Å². The Morgan fingerprint density at radius 1 is 0.895 bits per heavy atom. The Morgan fingerprint density at radius 2 is 1.58 bits per heavy atom. The molecule has 0 atom stereocenters. The van der Waals surface area contributed by atoms with E-state index >= 15 is 0 Å². The molecular weight excluding hydrogens is 329 g/mol. The van der Waals surface area contributed by atoms with Gasteiger partial charge in [-0.15, -0.1) is 0 Å². The largest absolute Gasteiger partial charge is 0.278 e. The lowest BCUT2D eigenvalue weighted by Gasteiger charge is -2.10. The zero-order valence-electron chi connectivity index (χ0n) is 9.40. The van der Waals surface area contributed by atoms with E-state index in [-0.39, 0.29) is 20.6 Å². The molecule has 0 aliphatic rings. The number of nitrogens with one attached hydrogen (secondary N) is 1. The molecule has 0 radical (unpaired) electrons. The third kappa shape index (κ3) is 3.34. The van der Waals surface area contributed by atoms with Crippen molar-refractivity contribution in [3.63, 3.8) is 0 Å². The van der Waals surface area contributed by atoms with Crippen LogP contribution in [-0.2, 0) is 10.0 Å². The fourth-order valence-electron chi connectivity index (χ4n) is 1.43. The van der Waals surface area contributed by atoms with Crippen molar-refractivity contribution in [1.82, 2.24) is 0 Å². The average Bonchev–Trinajstić information content (AvgIpc) is 2.33. The summed E-state index contributed by atoms with van der Waals surface area (Å²) in [4.78, 5) is -0.0114. The van der Waals surface area contributed by atoms with Crippen LogP contribution in [0, 0.1) is 0 Å². The Balaban J connectivity index is 2.40. The first-order valence-corrected chi connectivity index (χ1v) is 7.74. The van der Waals surface area contributed by atoms with Crippen LogP contribution in [-0.4, -0.2) is 8.42 Å². The molecule has 0 aliphatic heterocycles. The topological polar surface area (TPSA) is 46.2 Å². The highest BCUT2D eigenvalue weighted by atomic mass is 35.5. The second-order valence-electron chi connectivity index (χ2n) is 3.66. The molecule has 1 N–H and O–H groups in total. The normalized spacial score (nSPS) is 11.3. The van der Waals surface area contributed by atoms with Gasteiger partial charge in [-0.25, -0.2) is 8.42 Å². The molecule has 7 heteroatoms. The summed E-state index contributed by atoms with van der Waals surface area (Å²) >= 11 is 17.5. The zero-order chi connectivity index (χ0) is 14.0. The lowest BCUT2D eigenvalue weighted by Crippen LogP contribution is -2.13. The van der Waals surface area contributed by atoms with E-state index in [2.05, 4.69) is 4.72 Å². The van der Waals surface area contributed by atoms with Crippen LogP contribution in [0.15, 0.2) is 47.4 Å². The predicted molar refractivity (Wildman–Crippen MR) is 78.7 cm³/mol. The Bertz CT molecular complexity index is 717. The lowest BCUT2D eigenvalue weighted by molar-refractivity contribution is 0.601. The maximum atomic E-state index is 12.2. The summed E-state index contributed by atoms with van der Waals surface area (Å²) in [5.74, 6) is 0. The summed E-state index contributed by atoms with van der Waals surface area (Å²) in [5.41, 5.74) is 0.242. The van der Waals surface area contributed by atoms with Gasteiger partial charge >= 0.3 is 0 Å². The van der Waals surface area contributed by atoms with E-state index in [1.165, 1.54) is 30.3 Å². The molecular formula is C12H8Cl3NO2S. The molecule has 0 aromatic heterocycles. The van der Waals surface area contributed by atoms with E-state index < -0.39 is 10.0 Å². The van der Waals surface area contributed by atoms with E-state index in [4.69, 9.17) is 34.8 Å². The second kappa shape index (κ2) is 5.59. The standard InChI is InChI=1S/C12H8Cl3NO2S/c13-8-5-6-11(10(15)7-8)16-19(17,18)12-4-2-1-3-9(12)14/h1-7,16H. The van der Waals surface area contributed by atoms with Gasteiger partial charge in [-0.05, 0) is 30.3 Å². The fourth-order valence-corrected chi connectivity index (χ4v) is 3.55. The van der Waals surface area contributed by atoms with Crippen LogP contribution in [0.1, 0.15) is 0 Å². The SMILES string of the molecule is O=S(=O)(Nc1ccc(Cl)cc1Cl)c1ccccc1Cl. The first kappa shape index (κ1) is 14.5. The summed E-state index contributed by atoms with van der Waals surface area (Å²) in [6.45, 7) is 0. The van der Waals surface area contributed by atoms with Crippen LogP contribution >= 0.6 is 34.8 Å². The zero-order valence-corrected chi connectivity index (χ0v) is 12.5. The maximum Gasteiger partial charge on any atom is 0.263 e. The third-order valence-corrected chi connectivity index (χ3v) is 4.71. The van der Waals surface area contributed by atoms with Crippen LogP contribution < -0.4 is 4.72 Å². The van der Waals surface area contributed by atoms with Crippen molar-refractivity contribution in [2.75, 3.05) is 4.72 Å². The molecule has 0 heterocycles. The van der Waals surface area contributed by atoms with E-state index in [1.54, 1.807) is 12.1 Å². The number of sulfonamides is 1. The Kier molecular flexibility index (Phi) is 4.26.